The minimum atomic E-state index is 0.539. The molecule has 0 aliphatic carbocycles. The number of pyridine rings is 1. The van der Waals surface area contributed by atoms with E-state index >= 15 is 0 Å². The predicted molar refractivity (Wildman–Crippen MR) is 103 cm³/mol. The molecule has 1 aromatic heterocycles. The van der Waals surface area contributed by atoms with Crippen LogP contribution in [0.3, 0.4) is 0 Å². The average molecular weight is 318 g/mol. The zero-order chi connectivity index (χ0) is 17.4. The number of aromatic nitrogens is 1. The van der Waals surface area contributed by atoms with Crippen LogP contribution in [0.5, 0.6) is 0 Å². The summed E-state index contributed by atoms with van der Waals surface area (Å²) >= 11 is 0. The van der Waals surface area contributed by atoms with Crippen LogP contribution < -0.4 is 4.57 Å². The topological polar surface area (TPSA) is 3.88 Å². The summed E-state index contributed by atoms with van der Waals surface area (Å²) in [6.07, 6.45) is 2.18. The molecular weight excluding hydrogens is 290 g/mol. The van der Waals surface area contributed by atoms with Gasteiger partial charge in [-0.2, -0.15) is 0 Å². The standard InChI is InChI=1S/C23H28N/c1-15(2)18-9-10-21-20(13-18)11-12-24(6)23(21)22-14-19(16(3)4)8-7-17(22)5/h7-16H,1-6H3/q+1. The van der Waals surface area contributed by atoms with E-state index in [9.17, 15) is 0 Å². The fraction of sp³-hybridized carbons (Fsp3) is 0.348. The smallest absolute Gasteiger partial charge is 0.200 e. The van der Waals surface area contributed by atoms with Gasteiger partial charge in [-0.25, -0.2) is 4.57 Å². The quantitative estimate of drug-likeness (QED) is 0.530. The van der Waals surface area contributed by atoms with Crippen molar-refractivity contribution in [1.82, 2.24) is 0 Å². The van der Waals surface area contributed by atoms with Crippen LogP contribution in [0.2, 0.25) is 0 Å². The van der Waals surface area contributed by atoms with E-state index in [-0.39, 0.29) is 0 Å². The molecule has 3 rings (SSSR count). The first-order valence-electron chi connectivity index (χ1n) is 8.91. The van der Waals surface area contributed by atoms with Gasteiger partial charge in [-0.3, -0.25) is 0 Å². The van der Waals surface area contributed by atoms with Gasteiger partial charge in [0, 0.05) is 11.6 Å². The second-order valence-corrected chi connectivity index (χ2v) is 7.51. The van der Waals surface area contributed by atoms with Crippen molar-refractivity contribution >= 4 is 10.8 Å². The lowest BCUT2D eigenvalue weighted by atomic mass is 9.92. The third-order valence-corrected chi connectivity index (χ3v) is 5.01. The van der Waals surface area contributed by atoms with Gasteiger partial charge in [-0.05, 0) is 53.0 Å². The number of fused-ring (bicyclic) bond motifs is 1. The molecule has 1 nitrogen and oxygen atoms in total. The lowest BCUT2D eigenvalue weighted by Crippen LogP contribution is -2.30. The molecule has 0 saturated carbocycles. The van der Waals surface area contributed by atoms with Gasteiger partial charge in [0.05, 0.1) is 5.39 Å². The zero-order valence-electron chi connectivity index (χ0n) is 15.7. The third kappa shape index (κ3) is 2.96. The Kier molecular flexibility index (Phi) is 4.45. The molecule has 0 aliphatic heterocycles. The van der Waals surface area contributed by atoms with Crippen molar-refractivity contribution < 1.29 is 4.57 Å². The van der Waals surface area contributed by atoms with E-state index in [1.54, 1.807) is 0 Å². The molecule has 0 fully saturated rings. The summed E-state index contributed by atoms with van der Waals surface area (Å²) < 4.78 is 2.25. The highest BCUT2D eigenvalue weighted by Gasteiger charge is 2.18. The Morgan fingerprint density at radius 3 is 2.08 bits per heavy atom. The number of aryl methyl sites for hydroxylation is 2. The molecule has 0 unspecified atom stereocenters. The Hall–Kier alpha value is -2.15. The van der Waals surface area contributed by atoms with Crippen molar-refractivity contribution in [2.24, 2.45) is 7.05 Å². The van der Waals surface area contributed by atoms with E-state index in [1.807, 2.05) is 0 Å². The van der Waals surface area contributed by atoms with Gasteiger partial charge in [0.25, 0.3) is 0 Å². The minimum absolute atomic E-state index is 0.539. The number of hydrogen-bond donors (Lipinski definition) is 0. The van der Waals surface area contributed by atoms with E-state index in [0.29, 0.717) is 11.8 Å². The molecule has 0 amide bonds. The Balaban J connectivity index is 2.29. The third-order valence-electron chi connectivity index (χ3n) is 5.01. The molecule has 0 bridgehead atoms. The highest BCUT2D eigenvalue weighted by atomic mass is 14.9. The molecule has 24 heavy (non-hydrogen) atoms. The van der Waals surface area contributed by atoms with Crippen LogP contribution in [0, 0.1) is 6.92 Å². The van der Waals surface area contributed by atoms with E-state index in [2.05, 4.69) is 94.9 Å². The monoisotopic (exact) mass is 318 g/mol. The van der Waals surface area contributed by atoms with Gasteiger partial charge < -0.3 is 0 Å². The van der Waals surface area contributed by atoms with Gasteiger partial charge in [0.1, 0.15) is 7.05 Å². The molecule has 0 radical (unpaired) electrons. The van der Waals surface area contributed by atoms with Crippen LogP contribution in [0.15, 0.2) is 48.7 Å². The maximum atomic E-state index is 2.37. The number of benzene rings is 2. The number of nitrogens with zero attached hydrogens (tertiary/aromatic N) is 1. The molecule has 0 spiro atoms. The van der Waals surface area contributed by atoms with Gasteiger partial charge in [0.2, 0.25) is 5.69 Å². The van der Waals surface area contributed by atoms with Crippen molar-refractivity contribution in [2.45, 2.75) is 46.5 Å². The summed E-state index contributed by atoms with van der Waals surface area (Å²) in [5, 5.41) is 2.65. The van der Waals surface area contributed by atoms with Crippen LogP contribution in [-0.2, 0) is 7.05 Å². The van der Waals surface area contributed by atoms with Crippen LogP contribution in [0.1, 0.15) is 56.2 Å². The molecule has 0 saturated heterocycles. The molecule has 1 heterocycles. The molecule has 0 N–H and O–H groups in total. The Labute approximate surface area is 146 Å². The predicted octanol–water partition coefficient (Wildman–Crippen LogP) is 5.89. The van der Waals surface area contributed by atoms with Crippen LogP contribution >= 0.6 is 0 Å². The highest BCUT2D eigenvalue weighted by molar-refractivity contribution is 5.94. The van der Waals surface area contributed by atoms with Crippen molar-refractivity contribution in [1.29, 1.82) is 0 Å². The first kappa shape index (κ1) is 16.7. The number of hydrogen-bond acceptors (Lipinski definition) is 0. The number of rotatable bonds is 3. The largest absolute Gasteiger partial charge is 0.220 e. The maximum Gasteiger partial charge on any atom is 0.220 e. The molecule has 0 aliphatic rings. The molecule has 0 atom stereocenters. The fourth-order valence-electron chi connectivity index (χ4n) is 3.34. The summed E-state index contributed by atoms with van der Waals surface area (Å²) in [6.45, 7) is 11.2. The zero-order valence-corrected chi connectivity index (χ0v) is 15.7. The molecule has 124 valence electrons. The van der Waals surface area contributed by atoms with Crippen molar-refractivity contribution in [3.05, 3.63) is 65.4 Å². The Bertz CT molecular complexity index is 888. The van der Waals surface area contributed by atoms with Crippen LogP contribution in [-0.4, -0.2) is 0 Å². The van der Waals surface area contributed by atoms with Gasteiger partial charge in [0.15, 0.2) is 6.20 Å². The van der Waals surface area contributed by atoms with Gasteiger partial charge in [-0.15, -0.1) is 0 Å². The summed E-state index contributed by atoms with van der Waals surface area (Å²) in [6, 6.07) is 16.0. The minimum Gasteiger partial charge on any atom is -0.200 e. The normalized spacial score (nSPS) is 11.7. The Morgan fingerprint density at radius 2 is 1.42 bits per heavy atom. The van der Waals surface area contributed by atoms with E-state index in [1.165, 1.54) is 38.7 Å². The second-order valence-electron chi connectivity index (χ2n) is 7.51. The highest BCUT2D eigenvalue weighted by Crippen LogP contribution is 2.31. The molecule has 1 heteroatoms. The molecule has 2 aromatic carbocycles. The molecule has 3 aromatic rings. The summed E-state index contributed by atoms with van der Waals surface area (Å²) in [5.74, 6) is 1.09. The summed E-state index contributed by atoms with van der Waals surface area (Å²) in [5.41, 5.74) is 6.77. The lowest BCUT2D eigenvalue weighted by Gasteiger charge is -2.13. The van der Waals surface area contributed by atoms with Crippen LogP contribution in [0.25, 0.3) is 22.0 Å². The first-order valence-corrected chi connectivity index (χ1v) is 8.91. The van der Waals surface area contributed by atoms with Gasteiger partial charge in [-0.1, -0.05) is 52.0 Å². The SMILES string of the molecule is Cc1ccc(C(C)C)cc1-c1c2ccc(C(C)C)cc2cc[n+]1C. The fourth-order valence-corrected chi connectivity index (χ4v) is 3.34. The second kappa shape index (κ2) is 6.39. The van der Waals surface area contributed by atoms with E-state index in [4.69, 9.17) is 0 Å². The van der Waals surface area contributed by atoms with Gasteiger partial charge >= 0.3 is 0 Å². The summed E-state index contributed by atoms with van der Waals surface area (Å²) in [7, 11) is 2.15. The first-order chi connectivity index (χ1) is 11.4. The Morgan fingerprint density at radius 1 is 0.792 bits per heavy atom. The summed E-state index contributed by atoms with van der Waals surface area (Å²) in [4.78, 5) is 0. The van der Waals surface area contributed by atoms with Crippen LogP contribution in [0.4, 0.5) is 0 Å². The van der Waals surface area contributed by atoms with Crippen molar-refractivity contribution in [2.75, 3.05) is 0 Å². The lowest BCUT2D eigenvalue weighted by molar-refractivity contribution is -0.659. The average Bonchev–Trinajstić information content (AvgIpc) is 2.55. The van der Waals surface area contributed by atoms with Crippen molar-refractivity contribution in [3.63, 3.8) is 0 Å². The van der Waals surface area contributed by atoms with Crippen molar-refractivity contribution in [3.8, 4) is 11.3 Å². The van der Waals surface area contributed by atoms with E-state index in [0.717, 1.165) is 0 Å². The maximum absolute atomic E-state index is 2.37. The van der Waals surface area contributed by atoms with E-state index < -0.39 is 0 Å². The molecular formula is C23H28N+.